The molecule has 2 saturated heterocycles. The number of rotatable bonds is 11. The van der Waals surface area contributed by atoms with Crippen LogP contribution in [0.15, 0.2) is 21.8 Å². The van der Waals surface area contributed by atoms with E-state index in [0.29, 0.717) is 12.0 Å². The first-order valence-corrected chi connectivity index (χ1v) is 17.7. The average Bonchev–Trinajstić information content (AvgIpc) is 3.20. The van der Waals surface area contributed by atoms with Gasteiger partial charge in [0, 0.05) is 11.8 Å². The van der Waals surface area contributed by atoms with Gasteiger partial charge in [0.05, 0.1) is 24.9 Å². The Kier molecular flexibility index (Phi) is 14.3. The van der Waals surface area contributed by atoms with Crippen molar-refractivity contribution in [1.82, 2.24) is 4.90 Å². The fraction of sp³-hybridized carbons (Fsp3) is 0.793. The van der Waals surface area contributed by atoms with Crippen LogP contribution in [-0.2, 0) is 37.4 Å². The molecule has 0 bridgehead atoms. The zero-order valence-electron chi connectivity index (χ0n) is 27.4. The number of carbonyl (C=O) groups is 2. The van der Waals surface area contributed by atoms with E-state index in [-0.39, 0.29) is 6.61 Å². The van der Waals surface area contributed by atoms with Crippen LogP contribution in [0, 0.1) is 11.8 Å². The van der Waals surface area contributed by atoms with E-state index in [2.05, 4.69) is 9.05 Å². The van der Waals surface area contributed by atoms with E-state index >= 15 is 0 Å². The third-order valence-corrected chi connectivity index (χ3v) is 9.53. The topological polar surface area (TPSA) is 110 Å². The number of ether oxygens (including phenoxy) is 4. The van der Waals surface area contributed by atoms with Crippen molar-refractivity contribution in [3.8, 4) is 0 Å². The van der Waals surface area contributed by atoms with Gasteiger partial charge in [0.1, 0.15) is 23.6 Å². The van der Waals surface area contributed by atoms with Gasteiger partial charge in [-0.05, 0) is 57.6 Å². The molecule has 0 spiro atoms. The lowest BCUT2D eigenvalue weighted by Gasteiger charge is -2.45. The molecule has 0 radical (unpaired) electrons. The van der Waals surface area contributed by atoms with Crippen molar-refractivity contribution in [3.63, 3.8) is 0 Å². The van der Waals surface area contributed by atoms with Gasteiger partial charge in [-0.15, -0.1) is 0 Å². The predicted octanol–water partition coefficient (Wildman–Crippen LogP) is 7.95. The first kappa shape index (κ1) is 41.8. The average molecular weight is 822 g/mol. The highest BCUT2D eigenvalue weighted by Gasteiger charge is 2.48. The van der Waals surface area contributed by atoms with Crippen LogP contribution in [0.1, 0.15) is 61.8 Å². The lowest BCUT2D eigenvalue weighted by molar-refractivity contribution is -0.183. The van der Waals surface area contributed by atoms with Crippen LogP contribution in [0.25, 0.3) is 0 Å². The van der Waals surface area contributed by atoms with E-state index in [9.17, 15) is 40.5 Å². The molecule has 2 heterocycles. The van der Waals surface area contributed by atoms with E-state index in [0.717, 1.165) is 0 Å². The molecule has 0 aromatic carbocycles. The third kappa shape index (κ3) is 13.1. The lowest BCUT2D eigenvalue weighted by atomic mass is 9.79. The normalized spacial score (nSPS) is 27.7. The predicted molar refractivity (Wildman–Crippen MR) is 167 cm³/mol. The molecule has 1 amide bonds. The SMILES string of the molecule is C/C(=C\[C@@H]1COC(C)(C)N1C(=O)OC(C)(C)C)[C@@H]1O[C@H](C/C=C/I)[C@H](C)[C@H](OC(=O)CP(=O)(OCC(F)(F)F)OCC(F)(F)F)[C@H]1C. The minimum Gasteiger partial charge on any atom is -0.461 e. The van der Waals surface area contributed by atoms with Gasteiger partial charge in [-0.1, -0.05) is 48.6 Å². The quantitative estimate of drug-likeness (QED) is 0.0675. The maximum absolute atomic E-state index is 13.1. The first-order chi connectivity index (χ1) is 21.3. The molecule has 0 N–H and O–H groups in total. The molecule has 6 atom stereocenters. The second-order valence-electron chi connectivity index (χ2n) is 13.0. The summed E-state index contributed by atoms with van der Waals surface area (Å²) in [4.78, 5) is 27.6. The fourth-order valence-corrected chi connectivity index (χ4v) is 6.96. The van der Waals surface area contributed by atoms with Crippen molar-refractivity contribution >= 4 is 42.2 Å². The van der Waals surface area contributed by atoms with Crippen molar-refractivity contribution in [2.24, 2.45) is 11.8 Å². The molecule has 0 aromatic rings. The number of carbonyl (C=O) groups excluding carboxylic acids is 2. The number of hydrogen-bond donors (Lipinski definition) is 0. The van der Waals surface area contributed by atoms with Gasteiger partial charge in [-0.2, -0.15) is 26.3 Å². The summed E-state index contributed by atoms with van der Waals surface area (Å²) in [5, 5.41) is 0. The summed E-state index contributed by atoms with van der Waals surface area (Å²) in [6.45, 7) is 9.57. The summed E-state index contributed by atoms with van der Waals surface area (Å²) < 4.78 is 123. The van der Waals surface area contributed by atoms with Gasteiger partial charge in [0.15, 0.2) is 13.2 Å². The van der Waals surface area contributed by atoms with Crippen LogP contribution in [-0.4, -0.2) is 91.0 Å². The molecule has 0 aromatic heterocycles. The molecule has 0 saturated carbocycles. The summed E-state index contributed by atoms with van der Waals surface area (Å²) in [5.74, 6) is -2.49. The Hall–Kier alpha value is -1.40. The lowest BCUT2D eigenvalue weighted by Crippen LogP contribution is -2.52. The van der Waals surface area contributed by atoms with Crippen molar-refractivity contribution in [1.29, 1.82) is 0 Å². The Balaban J connectivity index is 2.37. The standard InChI is InChI=1S/C29H43F6INO9P/c1-17(12-20-13-41-27(7,8)37(20)25(39)46-26(4,5)6)23-19(3)24(18(2)21(44-23)10-9-11-36)45-22(38)14-47(40,42-15-28(30,31)32)43-16-29(33,34)35/h9,11-12,18-21,23-24H,10,13-16H2,1-8H3/b11-9+,17-12+/t18-,19-,20+,21+,23-,24-/m0/s1. The molecule has 2 fully saturated rings. The molecule has 0 unspecified atom stereocenters. The zero-order chi connectivity index (χ0) is 36.2. The van der Waals surface area contributed by atoms with Crippen molar-refractivity contribution in [2.45, 2.75) is 110 Å². The Morgan fingerprint density at radius 2 is 1.57 bits per heavy atom. The highest BCUT2D eigenvalue weighted by atomic mass is 127. The zero-order valence-corrected chi connectivity index (χ0v) is 30.5. The second-order valence-corrected chi connectivity index (χ2v) is 15.8. The molecular formula is C29H43F6INO9P. The number of alkyl halides is 6. The second kappa shape index (κ2) is 16.1. The van der Waals surface area contributed by atoms with Gasteiger partial charge in [-0.25, -0.2) is 4.79 Å². The largest absolute Gasteiger partial charge is 0.461 e. The van der Waals surface area contributed by atoms with Crippen LogP contribution < -0.4 is 0 Å². The van der Waals surface area contributed by atoms with Crippen molar-refractivity contribution in [2.75, 3.05) is 26.0 Å². The Morgan fingerprint density at radius 1 is 1.02 bits per heavy atom. The summed E-state index contributed by atoms with van der Waals surface area (Å²) in [6.07, 6.45) is -10.4. The van der Waals surface area contributed by atoms with Gasteiger partial charge >= 0.3 is 32.0 Å². The summed E-state index contributed by atoms with van der Waals surface area (Å²) in [7, 11) is -5.24. The molecular weight excluding hydrogens is 778 g/mol. The minimum atomic E-state index is -5.24. The highest BCUT2D eigenvalue weighted by molar-refractivity contribution is 14.1. The Morgan fingerprint density at radius 3 is 2.06 bits per heavy atom. The molecule has 2 aliphatic rings. The van der Waals surface area contributed by atoms with Gasteiger partial charge in [0.2, 0.25) is 0 Å². The highest BCUT2D eigenvalue weighted by Crippen LogP contribution is 2.50. The molecule has 272 valence electrons. The third-order valence-electron chi connectivity index (χ3n) is 7.33. The molecule has 47 heavy (non-hydrogen) atoms. The van der Waals surface area contributed by atoms with E-state index < -0.39 is 98.9 Å². The molecule has 18 heteroatoms. The van der Waals surface area contributed by atoms with E-state index in [1.165, 1.54) is 4.90 Å². The van der Waals surface area contributed by atoms with E-state index in [4.69, 9.17) is 18.9 Å². The first-order valence-electron chi connectivity index (χ1n) is 14.7. The number of halogens is 7. The summed E-state index contributed by atoms with van der Waals surface area (Å²) >= 11 is 2.02. The maximum atomic E-state index is 13.1. The number of hydrogen-bond acceptors (Lipinski definition) is 9. The van der Waals surface area contributed by atoms with Gasteiger partial charge in [-0.3, -0.25) is 23.3 Å². The summed E-state index contributed by atoms with van der Waals surface area (Å²) in [5.41, 5.74) is -1.13. The van der Waals surface area contributed by atoms with Crippen LogP contribution in [0.4, 0.5) is 31.1 Å². The van der Waals surface area contributed by atoms with Gasteiger partial charge in [0.25, 0.3) is 0 Å². The maximum Gasteiger partial charge on any atom is 0.413 e. The molecule has 2 aliphatic heterocycles. The Bertz CT molecular complexity index is 1180. The minimum absolute atomic E-state index is 0.144. The Labute approximate surface area is 284 Å². The van der Waals surface area contributed by atoms with Crippen LogP contribution >= 0.6 is 30.2 Å². The number of nitrogens with zero attached hydrogens (tertiary/aromatic N) is 1. The van der Waals surface area contributed by atoms with Crippen molar-refractivity contribution < 1.29 is 68.5 Å². The van der Waals surface area contributed by atoms with E-state index in [1.807, 2.05) is 28.7 Å². The van der Waals surface area contributed by atoms with Crippen LogP contribution in [0.2, 0.25) is 0 Å². The fourth-order valence-electron chi connectivity index (χ4n) is 5.33. The van der Waals surface area contributed by atoms with E-state index in [1.54, 1.807) is 65.5 Å². The molecule has 0 aliphatic carbocycles. The molecule has 2 rings (SSSR count). The number of esters is 1. The molecule has 10 nitrogen and oxygen atoms in total. The smallest absolute Gasteiger partial charge is 0.413 e. The summed E-state index contributed by atoms with van der Waals surface area (Å²) in [6, 6.07) is -0.564. The van der Waals surface area contributed by atoms with Crippen LogP contribution in [0.3, 0.4) is 0 Å². The van der Waals surface area contributed by atoms with Crippen molar-refractivity contribution in [3.05, 3.63) is 21.8 Å². The monoisotopic (exact) mass is 821 g/mol. The van der Waals surface area contributed by atoms with Crippen LogP contribution in [0.5, 0.6) is 0 Å². The number of amides is 1. The van der Waals surface area contributed by atoms with Gasteiger partial charge < -0.3 is 18.9 Å².